The summed E-state index contributed by atoms with van der Waals surface area (Å²) in [6.07, 6.45) is 11.6. The van der Waals surface area contributed by atoms with Crippen LogP contribution in [0.3, 0.4) is 0 Å². The molecule has 6 heteroatoms. The molecule has 2 atom stereocenters. The maximum absolute atomic E-state index is 12.5. The number of nitrogens with one attached hydrogen (secondary N) is 1. The van der Waals surface area contributed by atoms with Crippen molar-refractivity contribution in [3.05, 3.63) is 46.4 Å². The summed E-state index contributed by atoms with van der Waals surface area (Å²) >= 11 is 1.66. The summed E-state index contributed by atoms with van der Waals surface area (Å²) in [5, 5.41) is 6.41. The van der Waals surface area contributed by atoms with Crippen LogP contribution in [0.1, 0.15) is 68.0 Å². The van der Waals surface area contributed by atoms with Crippen molar-refractivity contribution in [1.29, 1.82) is 0 Å². The Labute approximate surface area is 189 Å². The summed E-state index contributed by atoms with van der Waals surface area (Å²) in [6.45, 7) is 3.02. The topological polar surface area (TPSA) is 54.5 Å². The molecule has 0 unspecified atom stereocenters. The number of ether oxygens (including phenoxy) is 1. The first kappa shape index (κ1) is 21.0. The van der Waals surface area contributed by atoms with E-state index in [0.29, 0.717) is 12.0 Å². The summed E-state index contributed by atoms with van der Waals surface area (Å²) in [6, 6.07) is 8.67. The summed E-state index contributed by atoms with van der Waals surface area (Å²) in [7, 11) is 0. The number of nitrogens with zero attached hydrogens (tertiary/aromatic N) is 2. The molecular formula is C25H33N3O2S. The fraction of sp³-hybridized carbons (Fsp3) is 0.600. The minimum atomic E-state index is 0.0351. The highest BCUT2D eigenvalue weighted by atomic mass is 32.1. The second-order valence-electron chi connectivity index (χ2n) is 9.44. The molecule has 1 N–H and O–H groups in total. The molecule has 1 amide bonds. The van der Waals surface area contributed by atoms with Crippen LogP contribution in [0, 0.1) is 11.8 Å². The maximum Gasteiger partial charge on any atom is 0.223 e. The van der Waals surface area contributed by atoms with Crippen molar-refractivity contribution in [1.82, 2.24) is 15.2 Å². The van der Waals surface area contributed by atoms with Crippen LogP contribution in [0.5, 0.6) is 5.75 Å². The molecule has 5 nitrogen and oxygen atoms in total. The average molecular weight is 440 g/mol. The van der Waals surface area contributed by atoms with Gasteiger partial charge < -0.3 is 10.1 Å². The molecule has 31 heavy (non-hydrogen) atoms. The van der Waals surface area contributed by atoms with Crippen LogP contribution in [0.15, 0.2) is 35.8 Å². The Bertz CT molecular complexity index is 861. The molecule has 0 spiro atoms. The van der Waals surface area contributed by atoms with E-state index in [2.05, 4.69) is 39.5 Å². The van der Waals surface area contributed by atoms with Gasteiger partial charge in [0.05, 0.1) is 12.1 Å². The lowest BCUT2D eigenvalue weighted by Crippen LogP contribution is -2.43. The number of amides is 1. The summed E-state index contributed by atoms with van der Waals surface area (Å²) in [4.78, 5) is 19.6. The highest BCUT2D eigenvalue weighted by Gasteiger charge is 2.36. The lowest BCUT2D eigenvalue weighted by Gasteiger charge is -2.36. The lowest BCUT2D eigenvalue weighted by atomic mass is 9.90. The highest BCUT2D eigenvalue weighted by Crippen LogP contribution is 2.35. The minimum absolute atomic E-state index is 0.0351. The second kappa shape index (κ2) is 9.70. The summed E-state index contributed by atoms with van der Waals surface area (Å²) in [5.74, 6) is 1.86. The monoisotopic (exact) mass is 439 g/mol. The van der Waals surface area contributed by atoms with Crippen molar-refractivity contribution in [3.8, 4) is 5.75 Å². The molecule has 2 saturated carbocycles. The van der Waals surface area contributed by atoms with E-state index in [1.165, 1.54) is 31.2 Å². The molecule has 2 aromatic rings. The Morgan fingerprint density at radius 3 is 2.84 bits per heavy atom. The van der Waals surface area contributed by atoms with Gasteiger partial charge in [-0.15, -0.1) is 11.3 Å². The van der Waals surface area contributed by atoms with E-state index in [4.69, 9.17) is 4.74 Å². The van der Waals surface area contributed by atoms with Gasteiger partial charge in [-0.25, -0.2) is 4.98 Å². The standard InChI is InChI=1S/C25H33N3O2S/c29-24(19-10-11-19)27-23(25-26-12-14-31-25)20-6-4-13-28(17-20)16-18-5-3-9-22(15-18)30-21-7-1-2-8-21/h3,5,9,12,14-15,19-21,23H,1-2,4,6-8,10-11,13,16-17H2,(H,27,29)/t20-,23+/m0/s1. The van der Waals surface area contributed by atoms with Gasteiger partial charge in [0.15, 0.2) is 0 Å². The Balaban J connectivity index is 1.23. The van der Waals surface area contributed by atoms with Crippen LogP contribution >= 0.6 is 11.3 Å². The quantitative estimate of drug-likeness (QED) is 0.633. The van der Waals surface area contributed by atoms with Gasteiger partial charge in [-0.1, -0.05) is 12.1 Å². The number of carbonyl (C=O) groups excluding carboxylic acids is 1. The number of hydrogen-bond acceptors (Lipinski definition) is 5. The van der Waals surface area contributed by atoms with E-state index in [0.717, 1.165) is 56.1 Å². The first-order chi connectivity index (χ1) is 15.2. The normalized spacial score (nSPS) is 23.5. The van der Waals surface area contributed by atoms with Gasteiger partial charge >= 0.3 is 0 Å². The van der Waals surface area contributed by atoms with E-state index in [1.54, 1.807) is 11.3 Å². The number of piperidine rings is 1. The van der Waals surface area contributed by atoms with E-state index >= 15 is 0 Å². The number of carbonyl (C=O) groups is 1. The summed E-state index contributed by atoms with van der Waals surface area (Å²) in [5.41, 5.74) is 1.31. The Morgan fingerprint density at radius 1 is 1.19 bits per heavy atom. The van der Waals surface area contributed by atoms with Crippen LogP contribution in [0.25, 0.3) is 0 Å². The molecule has 3 aliphatic rings. The van der Waals surface area contributed by atoms with Crippen molar-refractivity contribution < 1.29 is 9.53 Å². The number of likely N-dealkylation sites (tertiary alicyclic amines) is 1. The molecule has 0 bridgehead atoms. The molecule has 2 heterocycles. The zero-order valence-electron chi connectivity index (χ0n) is 18.2. The van der Waals surface area contributed by atoms with Crippen molar-refractivity contribution >= 4 is 17.2 Å². The van der Waals surface area contributed by atoms with Gasteiger partial charge in [-0.3, -0.25) is 9.69 Å². The predicted octanol–water partition coefficient (Wildman–Crippen LogP) is 4.94. The van der Waals surface area contributed by atoms with Crippen molar-refractivity contribution in [2.45, 2.75) is 70.1 Å². The molecule has 166 valence electrons. The molecule has 1 aromatic carbocycles. The number of aromatic nitrogens is 1. The fourth-order valence-corrected chi connectivity index (χ4v) is 5.85. The molecule has 0 radical (unpaired) electrons. The summed E-state index contributed by atoms with van der Waals surface area (Å²) < 4.78 is 6.21. The van der Waals surface area contributed by atoms with Crippen LogP contribution in [0.2, 0.25) is 0 Å². The van der Waals surface area contributed by atoms with E-state index in [9.17, 15) is 4.79 Å². The largest absolute Gasteiger partial charge is 0.490 e. The lowest BCUT2D eigenvalue weighted by molar-refractivity contribution is -0.123. The van der Waals surface area contributed by atoms with Gasteiger partial charge in [0, 0.05) is 30.6 Å². The Kier molecular flexibility index (Phi) is 6.55. The maximum atomic E-state index is 12.5. The van der Waals surface area contributed by atoms with Crippen molar-refractivity contribution in [2.24, 2.45) is 11.8 Å². The minimum Gasteiger partial charge on any atom is -0.490 e. The number of rotatable bonds is 8. The second-order valence-corrected chi connectivity index (χ2v) is 10.4. The number of thiazole rings is 1. The molecular weight excluding hydrogens is 406 g/mol. The fourth-order valence-electron chi connectivity index (χ4n) is 5.07. The highest BCUT2D eigenvalue weighted by molar-refractivity contribution is 7.09. The molecule has 1 saturated heterocycles. The molecule has 3 fully saturated rings. The molecule has 2 aliphatic carbocycles. The van der Waals surface area contributed by atoms with Crippen LogP contribution in [-0.2, 0) is 11.3 Å². The number of benzene rings is 1. The third kappa shape index (κ3) is 5.47. The smallest absolute Gasteiger partial charge is 0.223 e. The van der Waals surface area contributed by atoms with Crippen LogP contribution < -0.4 is 10.1 Å². The third-order valence-corrected chi connectivity index (χ3v) is 7.74. The van der Waals surface area contributed by atoms with Crippen molar-refractivity contribution in [2.75, 3.05) is 13.1 Å². The molecule has 1 aromatic heterocycles. The van der Waals surface area contributed by atoms with E-state index < -0.39 is 0 Å². The van der Waals surface area contributed by atoms with Gasteiger partial charge in [-0.05, 0) is 81.5 Å². The molecule has 5 rings (SSSR count). The number of hydrogen-bond donors (Lipinski definition) is 1. The third-order valence-electron chi connectivity index (χ3n) is 6.89. The van der Waals surface area contributed by atoms with Gasteiger partial charge in [-0.2, -0.15) is 0 Å². The van der Waals surface area contributed by atoms with Crippen LogP contribution in [-0.4, -0.2) is 35.0 Å². The first-order valence-corrected chi connectivity index (χ1v) is 12.8. The Morgan fingerprint density at radius 2 is 2.06 bits per heavy atom. The van der Waals surface area contributed by atoms with Crippen molar-refractivity contribution in [3.63, 3.8) is 0 Å². The van der Waals surface area contributed by atoms with Crippen LogP contribution in [0.4, 0.5) is 0 Å². The average Bonchev–Trinajstić information content (AvgIpc) is 3.25. The Hall–Kier alpha value is -1.92. The zero-order valence-corrected chi connectivity index (χ0v) is 19.0. The van der Waals surface area contributed by atoms with E-state index in [1.807, 2.05) is 11.6 Å². The molecule has 1 aliphatic heterocycles. The van der Waals surface area contributed by atoms with Gasteiger partial charge in [0.2, 0.25) is 5.91 Å². The van der Waals surface area contributed by atoms with E-state index in [-0.39, 0.29) is 17.9 Å². The zero-order chi connectivity index (χ0) is 21.0. The first-order valence-electron chi connectivity index (χ1n) is 11.9. The predicted molar refractivity (Wildman–Crippen MR) is 123 cm³/mol. The van der Waals surface area contributed by atoms with Gasteiger partial charge in [0.1, 0.15) is 10.8 Å². The van der Waals surface area contributed by atoms with Gasteiger partial charge in [0.25, 0.3) is 0 Å². The SMILES string of the molecule is O=C(N[C@@H](c1nccs1)[C@H]1CCCN(Cc2cccc(OC3CCCC3)c2)C1)C1CC1.